The summed E-state index contributed by atoms with van der Waals surface area (Å²) in [5.74, 6) is 6.52. The van der Waals surface area contributed by atoms with Gasteiger partial charge in [-0.2, -0.15) is 0 Å². The molecule has 9 heteroatoms. The van der Waals surface area contributed by atoms with E-state index in [1.807, 2.05) is 31.2 Å². The van der Waals surface area contributed by atoms with Gasteiger partial charge in [0, 0.05) is 11.3 Å². The van der Waals surface area contributed by atoms with Crippen molar-refractivity contribution in [1.82, 2.24) is 14.9 Å². The molecule has 0 radical (unpaired) electrons. The molecule has 0 bridgehead atoms. The highest BCUT2D eigenvalue weighted by atomic mass is 35.5. The maximum Gasteiger partial charge on any atom is 0.234 e. The topological polar surface area (TPSA) is 85.8 Å². The van der Waals surface area contributed by atoms with Crippen molar-refractivity contribution in [2.75, 3.05) is 16.9 Å². The quantitative estimate of drug-likeness (QED) is 0.492. The van der Waals surface area contributed by atoms with Crippen molar-refractivity contribution in [1.29, 1.82) is 0 Å². The third-order valence-electron chi connectivity index (χ3n) is 3.48. The van der Waals surface area contributed by atoms with E-state index in [9.17, 15) is 4.79 Å². The Hall–Kier alpha value is -2.22. The van der Waals surface area contributed by atoms with Gasteiger partial charge in [0.05, 0.1) is 15.8 Å². The first-order valence-corrected chi connectivity index (χ1v) is 9.33. The van der Waals surface area contributed by atoms with E-state index in [4.69, 9.17) is 29.0 Å². The fourth-order valence-corrected chi connectivity index (χ4v) is 3.21. The predicted octanol–water partition coefficient (Wildman–Crippen LogP) is 4.00. The van der Waals surface area contributed by atoms with Gasteiger partial charge in [-0.1, -0.05) is 58.7 Å². The van der Waals surface area contributed by atoms with E-state index >= 15 is 0 Å². The number of nitrogens with two attached hydrogens (primary N) is 1. The molecule has 6 nitrogen and oxygen atoms in total. The largest absolute Gasteiger partial charge is 0.335 e. The van der Waals surface area contributed by atoms with E-state index in [0.29, 0.717) is 26.7 Å². The predicted molar refractivity (Wildman–Crippen MR) is 106 cm³/mol. The molecule has 1 heterocycles. The summed E-state index contributed by atoms with van der Waals surface area (Å²) in [5.41, 5.74) is 2.53. The van der Waals surface area contributed by atoms with Crippen LogP contribution in [0.3, 0.4) is 0 Å². The van der Waals surface area contributed by atoms with Crippen LogP contribution < -0.4 is 11.2 Å². The summed E-state index contributed by atoms with van der Waals surface area (Å²) < 4.78 is 1.38. The van der Waals surface area contributed by atoms with Crippen molar-refractivity contribution < 1.29 is 4.79 Å². The maximum absolute atomic E-state index is 12.1. The van der Waals surface area contributed by atoms with E-state index in [1.54, 1.807) is 18.2 Å². The molecular weight excluding hydrogens is 393 g/mol. The molecule has 3 aromatic rings. The minimum absolute atomic E-state index is 0.128. The summed E-state index contributed by atoms with van der Waals surface area (Å²) in [6, 6.07) is 12.7. The summed E-state index contributed by atoms with van der Waals surface area (Å²) >= 11 is 13.0. The second kappa shape index (κ2) is 7.99. The number of hydrogen-bond donors (Lipinski definition) is 2. The SMILES string of the molecule is Cc1cccc(-c2nnc(SCC(=O)Nc3ccc(Cl)c(Cl)c3)n2N)c1. The van der Waals surface area contributed by atoms with Crippen LogP contribution in [0.2, 0.25) is 10.0 Å². The Kier molecular flexibility index (Phi) is 5.70. The number of rotatable bonds is 5. The van der Waals surface area contributed by atoms with Gasteiger partial charge in [0.25, 0.3) is 0 Å². The minimum atomic E-state index is -0.214. The number of aromatic nitrogens is 3. The lowest BCUT2D eigenvalue weighted by atomic mass is 10.1. The third-order valence-corrected chi connectivity index (χ3v) is 5.16. The van der Waals surface area contributed by atoms with Crippen LogP contribution in [0.5, 0.6) is 0 Å². The minimum Gasteiger partial charge on any atom is -0.335 e. The van der Waals surface area contributed by atoms with Gasteiger partial charge in [-0.25, -0.2) is 4.68 Å². The molecular formula is C17H15Cl2N5OS. The number of nitrogens with zero attached hydrogens (tertiary/aromatic N) is 3. The standard InChI is InChI=1S/C17H15Cl2N5OS/c1-10-3-2-4-11(7-10)16-22-23-17(24(16)20)26-9-15(25)21-12-5-6-13(18)14(19)8-12/h2-8H,9,20H2,1H3,(H,21,25). The van der Waals surface area contributed by atoms with Gasteiger partial charge in [0.1, 0.15) is 0 Å². The van der Waals surface area contributed by atoms with Crippen LogP contribution in [-0.4, -0.2) is 26.5 Å². The van der Waals surface area contributed by atoms with Crippen molar-refractivity contribution in [3.05, 3.63) is 58.1 Å². The summed E-state index contributed by atoms with van der Waals surface area (Å²) in [5, 5.41) is 12.2. The van der Waals surface area contributed by atoms with E-state index in [1.165, 1.54) is 16.4 Å². The summed E-state index contributed by atoms with van der Waals surface area (Å²) in [4.78, 5) is 12.1. The number of nitrogens with one attached hydrogen (secondary N) is 1. The monoisotopic (exact) mass is 407 g/mol. The Morgan fingerprint density at radius 3 is 2.73 bits per heavy atom. The van der Waals surface area contributed by atoms with Crippen LogP contribution in [0.1, 0.15) is 5.56 Å². The zero-order chi connectivity index (χ0) is 18.7. The van der Waals surface area contributed by atoms with Gasteiger partial charge in [-0.3, -0.25) is 4.79 Å². The number of benzene rings is 2. The van der Waals surface area contributed by atoms with E-state index in [2.05, 4.69) is 15.5 Å². The Labute approximate surface area is 164 Å². The normalized spacial score (nSPS) is 10.7. The molecule has 0 unspecified atom stereocenters. The summed E-state index contributed by atoms with van der Waals surface area (Å²) in [6.07, 6.45) is 0. The second-order valence-electron chi connectivity index (χ2n) is 5.51. The lowest BCUT2D eigenvalue weighted by Gasteiger charge is -2.06. The van der Waals surface area contributed by atoms with Crippen LogP contribution in [0.15, 0.2) is 47.6 Å². The highest BCUT2D eigenvalue weighted by Gasteiger charge is 2.14. The van der Waals surface area contributed by atoms with Gasteiger partial charge in [-0.15, -0.1) is 10.2 Å². The number of anilines is 1. The van der Waals surface area contributed by atoms with Crippen LogP contribution in [0.4, 0.5) is 5.69 Å². The average Bonchev–Trinajstić information content (AvgIpc) is 2.97. The number of nitrogen functional groups attached to an aromatic ring is 1. The highest BCUT2D eigenvalue weighted by Crippen LogP contribution is 2.26. The van der Waals surface area contributed by atoms with Crippen LogP contribution >= 0.6 is 35.0 Å². The first-order valence-electron chi connectivity index (χ1n) is 7.59. The van der Waals surface area contributed by atoms with Crippen molar-refractivity contribution >= 4 is 46.6 Å². The van der Waals surface area contributed by atoms with Crippen LogP contribution in [0, 0.1) is 6.92 Å². The lowest BCUT2D eigenvalue weighted by molar-refractivity contribution is -0.113. The highest BCUT2D eigenvalue weighted by molar-refractivity contribution is 7.99. The number of carbonyl (C=O) groups excluding carboxylic acids is 1. The van der Waals surface area contributed by atoms with E-state index in [-0.39, 0.29) is 11.7 Å². The molecule has 0 aliphatic carbocycles. The van der Waals surface area contributed by atoms with Crippen LogP contribution in [0.25, 0.3) is 11.4 Å². The number of amides is 1. The maximum atomic E-state index is 12.1. The van der Waals surface area contributed by atoms with Gasteiger partial charge >= 0.3 is 0 Å². The number of carbonyl (C=O) groups is 1. The molecule has 0 atom stereocenters. The molecule has 0 fully saturated rings. The van der Waals surface area contributed by atoms with Gasteiger partial charge in [0.2, 0.25) is 11.1 Å². The summed E-state index contributed by atoms with van der Waals surface area (Å²) in [6.45, 7) is 1.99. The molecule has 0 saturated heterocycles. The van der Waals surface area contributed by atoms with Crippen molar-refractivity contribution in [2.45, 2.75) is 12.1 Å². The first-order chi connectivity index (χ1) is 12.4. The Balaban J connectivity index is 1.64. The lowest BCUT2D eigenvalue weighted by Crippen LogP contribution is -2.16. The molecule has 0 spiro atoms. The third kappa shape index (κ3) is 4.30. The molecule has 1 amide bonds. The fraction of sp³-hybridized carbons (Fsp3) is 0.118. The Morgan fingerprint density at radius 1 is 1.19 bits per heavy atom. The van der Waals surface area contributed by atoms with E-state index < -0.39 is 0 Å². The molecule has 1 aromatic heterocycles. The number of hydrogen-bond acceptors (Lipinski definition) is 5. The molecule has 26 heavy (non-hydrogen) atoms. The fourth-order valence-electron chi connectivity index (χ4n) is 2.26. The molecule has 0 aliphatic rings. The molecule has 134 valence electrons. The first kappa shape index (κ1) is 18.6. The smallest absolute Gasteiger partial charge is 0.234 e. The summed E-state index contributed by atoms with van der Waals surface area (Å²) in [7, 11) is 0. The van der Waals surface area contributed by atoms with Gasteiger partial charge < -0.3 is 11.2 Å². The zero-order valence-electron chi connectivity index (χ0n) is 13.7. The molecule has 0 saturated carbocycles. The van der Waals surface area contributed by atoms with Crippen LogP contribution in [-0.2, 0) is 4.79 Å². The van der Waals surface area contributed by atoms with Crippen molar-refractivity contribution in [3.63, 3.8) is 0 Å². The second-order valence-corrected chi connectivity index (χ2v) is 7.27. The van der Waals surface area contributed by atoms with E-state index in [0.717, 1.165) is 11.1 Å². The Bertz CT molecular complexity index is 960. The molecule has 3 rings (SSSR count). The number of halogens is 2. The van der Waals surface area contributed by atoms with Gasteiger partial charge in [-0.05, 0) is 31.2 Å². The Morgan fingerprint density at radius 2 is 2.00 bits per heavy atom. The number of aryl methyl sites for hydroxylation is 1. The molecule has 0 aliphatic heterocycles. The number of thioether (sulfide) groups is 1. The van der Waals surface area contributed by atoms with Crippen molar-refractivity contribution in [2.24, 2.45) is 0 Å². The molecule has 3 N–H and O–H groups in total. The van der Waals surface area contributed by atoms with Crippen molar-refractivity contribution in [3.8, 4) is 11.4 Å². The molecule has 2 aromatic carbocycles. The zero-order valence-corrected chi connectivity index (χ0v) is 16.1. The van der Waals surface area contributed by atoms with Gasteiger partial charge in [0.15, 0.2) is 5.82 Å². The average molecular weight is 408 g/mol.